The fraction of sp³-hybridized carbons (Fsp3) is 0.0909. The van der Waals surface area contributed by atoms with E-state index in [9.17, 15) is 9.59 Å². The van der Waals surface area contributed by atoms with Crippen molar-refractivity contribution in [1.82, 2.24) is 15.5 Å². The first kappa shape index (κ1) is 13.0. The van der Waals surface area contributed by atoms with E-state index in [4.69, 9.17) is 5.11 Å². The van der Waals surface area contributed by atoms with E-state index in [1.807, 2.05) is 30.3 Å². The van der Waals surface area contributed by atoms with Crippen LogP contribution in [0.5, 0.6) is 0 Å². The monoisotopic (exact) mass is 278 g/mol. The number of aromatic carboxylic acids is 1. The quantitative estimate of drug-likeness (QED) is 0.787. The minimum absolute atomic E-state index is 0.142. The number of nitrogens with zero attached hydrogens (tertiary/aromatic N) is 2. The Bertz CT molecular complexity index is 585. The number of aromatic nitrogens is 2. The molecule has 1 heterocycles. The summed E-state index contributed by atoms with van der Waals surface area (Å²) in [5.41, 5.74) is 0.959. The van der Waals surface area contributed by atoms with Gasteiger partial charge in [-0.15, -0.1) is 10.2 Å². The normalized spacial score (nSPS) is 9.89. The Morgan fingerprint density at radius 1 is 1.21 bits per heavy atom. The molecule has 3 N–H and O–H groups in total. The number of hydrogen-bond acceptors (Lipinski definition) is 5. The molecule has 0 bridgehead atoms. The smallest absolute Gasteiger partial charge is 0.367 e. The molecule has 0 saturated heterocycles. The van der Waals surface area contributed by atoms with Crippen LogP contribution in [0.2, 0.25) is 0 Å². The van der Waals surface area contributed by atoms with Crippen LogP contribution in [0.1, 0.15) is 15.4 Å². The maximum Gasteiger partial charge on any atom is 0.367 e. The number of urea groups is 1. The highest BCUT2D eigenvalue weighted by Gasteiger charge is 2.12. The maximum absolute atomic E-state index is 11.5. The summed E-state index contributed by atoms with van der Waals surface area (Å²) in [6, 6.07) is 8.94. The first-order valence-corrected chi connectivity index (χ1v) is 6.12. The average molecular weight is 278 g/mol. The van der Waals surface area contributed by atoms with Crippen LogP contribution < -0.4 is 10.6 Å². The van der Waals surface area contributed by atoms with Crippen LogP contribution >= 0.6 is 11.3 Å². The summed E-state index contributed by atoms with van der Waals surface area (Å²) < 4.78 is 0. The molecule has 0 atom stereocenters. The van der Waals surface area contributed by atoms with Gasteiger partial charge in [0.05, 0.1) is 0 Å². The molecule has 0 saturated carbocycles. The molecule has 0 aliphatic heterocycles. The lowest BCUT2D eigenvalue weighted by atomic mass is 10.2. The molecule has 1 aromatic heterocycles. The molecule has 0 radical (unpaired) electrons. The van der Waals surface area contributed by atoms with Gasteiger partial charge in [-0.2, -0.15) is 0 Å². The molecule has 0 fully saturated rings. The number of amides is 2. The van der Waals surface area contributed by atoms with E-state index in [-0.39, 0.29) is 10.1 Å². The maximum atomic E-state index is 11.5. The van der Waals surface area contributed by atoms with Crippen molar-refractivity contribution in [2.75, 3.05) is 5.32 Å². The van der Waals surface area contributed by atoms with E-state index in [2.05, 4.69) is 20.8 Å². The van der Waals surface area contributed by atoms with Gasteiger partial charge in [0.1, 0.15) is 0 Å². The molecule has 0 aliphatic carbocycles. The number of carboxylic acid groups (broad SMARTS) is 1. The molecule has 8 heteroatoms. The van der Waals surface area contributed by atoms with Gasteiger partial charge < -0.3 is 10.4 Å². The first-order valence-electron chi connectivity index (χ1n) is 5.31. The van der Waals surface area contributed by atoms with Gasteiger partial charge in [0.2, 0.25) is 10.1 Å². The number of rotatable bonds is 4. The fourth-order valence-electron chi connectivity index (χ4n) is 1.28. The number of benzene rings is 1. The molecule has 7 nitrogen and oxygen atoms in total. The fourth-order valence-corrected chi connectivity index (χ4v) is 1.86. The van der Waals surface area contributed by atoms with Gasteiger partial charge in [-0.05, 0) is 5.56 Å². The lowest BCUT2D eigenvalue weighted by molar-refractivity contribution is 0.0695. The number of hydrogen-bond donors (Lipinski definition) is 3. The molecular formula is C11H10N4O3S. The summed E-state index contributed by atoms with van der Waals surface area (Å²) in [5, 5.41) is 20.6. The third kappa shape index (κ3) is 3.75. The predicted molar refractivity (Wildman–Crippen MR) is 69.2 cm³/mol. The number of carbonyl (C=O) groups is 2. The van der Waals surface area contributed by atoms with E-state index in [1.54, 1.807) is 0 Å². The predicted octanol–water partition coefficient (Wildman–Crippen LogP) is 1.56. The Balaban J connectivity index is 1.85. The summed E-state index contributed by atoms with van der Waals surface area (Å²) in [6.45, 7) is 0.372. The van der Waals surface area contributed by atoms with E-state index in [1.165, 1.54) is 0 Å². The van der Waals surface area contributed by atoms with Crippen molar-refractivity contribution in [2.24, 2.45) is 0 Å². The molecule has 19 heavy (non-hydrogen) atoms. The van der Waals surface area contributed by atoms with Crippen molar-refractivity contribution in [3.05, 3.63) is 40.9 Å². The van der Waals surface area contributed by atoms with E-state index in [0.717, 1.165) is 16.9 Å². The van der Waals surface area contributed by atoms with Gasteiger partial charge >= 0.3 is 12.0 Å². The van der Waals surface area contributed by atoms with Crippen LogP contribution in [0.3, 0.4) is 0 Å². The highest BCUT2D eigenvalue weighted by Crippen LogP contribution is 2.14. The van der Waals surface area contributed by atoms with Crippen LogP contribution in [-0.4, -0.2) is 27.3 Å². The average Bonchev–Trinajstić information content (AvgIpc) is 2.86. The van der Waals surface area contributed by atoms with Crippen molar-refractivity contribution in [2.45, 2.75) is 6.54 Å². The second kappa shape index (κ2) is 5.91. The molecule has 0 unspecified atom stereocenters. The number of anilines is 1. The van der Waals surface area contributed by atoms with Crippen molar-refractivity contribution in [1.29, 1.82) is 0 Å². The zero-order valence-electron chi connectivity index (χ0n) is 9.66. The van der Waals surface area contributed by atoms with Gasteiger partial charge in [0, 0.05) is 6.54 Å². The number of carboxylic acids is 1. The van der Waals surface area contributed by atoms with Gasteiger partial charge in [-0.3, -0.25) is 5.32 Å². The minimum atomic E-state index is -1.17. The Labute approximate surface area is 112 Å². The minimum Gasteiger partial charge on any atom is -0.476 e. The van der Waals surface area contributed by atoms with E-state index >= 15 is 0 Å². The zero-order valence-corrected chi connectivity index (χ0v) is 10.5. The highest BCUT2D eigenvalue weighted by atomic mass is 32.1. The molecule has 1 aromatic carbocycles. The van der Waals surface area contributed by atoms with Gasteiger partial charge in [-0.25, -0.2) is 9.59 Å². The molecule has 2 rings (SSSR count). The Morgan fingerprint density at radius 2 is 1.95 bits per heavy atom. The topological polar surface area (TPSA) is 104 Å². The molecule has 2 amide bonds. The molecular weight excluding hydrogens is 268 g/mol. The van der Waals surface area contributed by atoms with Crippen molar-refractivity contribution >= 4 is 28.5 Å². The lowest BCUT2D eigenvalue weighted by Gasteiger charge is -2.04. The number of nitrogens with one attached hydrogen (secondary N) is 2. The first-order chi connectivity index (χ1) is 9.15. The molecule has 98 valence electrons. The second-order valence-corrected chi connectivity index (χ2v) is 4.49. The van der Waals surface area contributed by atoms with Gasteiger partial charge in [0.25, 0.3) is 0 Å². The molecule has 0 spiro atoms. The van der Waals surface area contributed by atoms with Crippen molar-refractivity contribution < 1.29 is 14.7 Å². The largest absolute Gasteiger partial charge is 0.476 e. The van der Waals surface area contributed by atoms with Crippen LogP contribution in [0, 0.1) is 0 Å². The SMILES string of the molecule is O=C(NCc1ccccc1)Nc1nnc(C(=O)O)s1. The van der Waals surface area contributed by atoms with Gasteiger partial charge in [-0.1, -0.05) is 41.7 Å². The highest BCUT2D eigenvalue weighted by molar-refractivity contribution is 7.17. The molecule has 0 aliphatic rings. The van der Waals surface area contributed by atoms with Crippen molar-refractivity contribution in [3.8, 4) is 0 Å². The standard InChI is InChI=1S/C11H10N4O3S/c16-9(17)8-14-15-11(19-8)13-10(18)12-6-7-4-2-1-3-5-7/h1-5H,6H2,(H,16,17)(H2,12,13,15,18). The van der Waals surface area contributed by atoms with Crippen molar-refractivity contribution in [3.63, 3.8) is 0 Å². The molecule has 2 aromatic rings. The van der Waals surface area contributed by atoms with Gasteiger partial charge in [0.15, 0.2) is 0 Å². The summed E-state index contributed by atoms with van der Waals surface area (Å²) in [7, 11) is 0. The Morgan fingerprint density at radius 3 is 2.58 bits per heavy atom. The third-order valence-electron chi connectivity index (χ3n) is 2.12. The summed E-state index contributed by atoms with van der Waals surface area (Å²) in [5.74, 6) is -1.17. The lowest BCUT2D eigenvalue weighted by Crippen LogP contribution is -2.28. The third-order valence-corrected chi connectivity index (χ3v) is 2.95. The van der Waals surface area contributed by atoms with E-state index < -0.39 is 12.0 Å². The van der Waals surface area contributed by atoms with Crippen LogP contribution in [-0.2, 0) is 6.54 Å². The van der Waals surface area contributed by atoms with Crippen LogP contribution in [0.25, 0.3) is 0 Å². The second-order valence-electron chi connectivity index (χ2n) is 3.51. The van der Waals surface area contributed by atoms with Crippen LogP contribution in [0.15, 0.2) is 30.3 Å². The summed E-state index contributed by atoms with van der Waals surface area (Å²) in [4.78, 5) is 22.1. The number of carbonyl (C=O) groups excluding carboxylic acids is 1. The summed E-state index contributed by atoms with van der Waals surface area (Å²) in [6.07, 6.45) is 0. The van der Waals surface area contributed by atoms with Crippen LogP contribution in [0.4, 0.5) is 9.93 Å². The zero-order chi connectivity index (χ0) is 13.7. The summed E-state index contributed by atoms with van der Waals surface area (Å²) >= 11 is 0.797. The Hall–Kier alpha value is -2.48. The Kier molecular flexibility index (Phi) is 4.04. The van der Waals surface area contributed by atoms with E-state index in [0.29, 0.717) is 6.54 Å².